The Labute approximate surface area is 167 Å². The van der Waals surface area contributed by atoms with E-state index in [2.05, 4.69) is 16.0 Å². The molecular weight excluding hydrogens is 392 g/mol. The molecule has 0 aliphatic rings. The minimum Gasteiger partial charge on any atom is -0.481 e. The van der Waals surface area contributed by atoms with E-state index in [-0.39, 0.29) is 12.3 Å². The van der Waals surface area contributed by atoms with Gasteiger partial charge >= 0.3 is 11.9 Å². The SMILES string of the molecule is CSCCC(NC(=O)C(N)CC(=O)O)C(=O)NC(C(=O)NCC(=O)O)C(C)C. The number of nitrogens with two attached hydrogens (primary N) is 1. The molecule has 0 aromatic rings. The van der Waals surface area contributed by atoms with E-state index in [0.717, 1.165) is 0 Å². The van der Waals surface area contributed by atoms with Gasteiger partial charge in [0, 0.05) is 0 Å². The smallest absolute Gasteiger partial charge is 0.322 e. The molecule has 12 heteroatoms. The minimum absolute atomic E-state index is 0.236. The number of aliphatic carboxylic acids is 2. The fourth-order valence-corrected chi connectivity index (χ4v) is 2.60. The highest BCUT2D eigenvalue weighted by Gasteiger charge is 2.30. The van der Waals surface area contributed by atoms with Gasteiger partial charge in [0.05, 0.1) is 12.5 Å². The van der Waals surface area contributed by atoms with Crippen molar-refractivity contribution >= 4 is 41.4 Å². The van der Waals surface area contributed by atoms with Crippen LogP contribution >= 0.6 is 11.8 Å². The Morgan fingerprint density at radius 1 is 0.964 bits per heavy atom. The predicted molar refractivity (Wildman–Crippen MR) is 103 cm³/mol. The second kappa shape index (κ2) is 12.9. The molecule has 3 atom stereocenters. The van der Waals surface area contributed by atoms with Crippen LogP contribution in [0.15, 0.2) is 0 Å². The number of thioether (sulfide) groups is 1. The van der Waals surface area contributed by atoms with Crippen molar-refractivity contribution in [3.8, 4) is 0 Å². The van der Waals surface area contributed by atoms with Crippen LogP contribution in [0, 0.1) is 5.92 Å². The number of carbonyl (C=O) groups excluding carboxylic acids is 3. The van der Waals surface area contributed by atoms with Crippen molar-refractivity contribution in [2.75, 3.05) is 18.6 Å². The van der Waals surface area contributed by atoms with Gasteiger partial charge in [0.15, 0.2) is 0 Å². The van der Waals surface area contributed by atoms with Crippen LogP contribution in [0.3, 0.4) is 0 Å². The second-order valence-electron chi connectivity index (χ2n) is 6.39. The molecule has 7 N–H and O–H groups in total. The first kappa shape index (κ1) is 25.7. The first-order valence-corrected chi connectivity index (χ1v) is 9.95. The van der Waals surface area contributed by atoms with Gasteiger partial charge in [0.2, 0.25) is 17.7 Å². The molecule has 0 aromatic carbocycles. The lowest BCUT2D eigenvalue weighted by Crippen LogP contribution is -2.57. The number of hydrogen-bond donors (Lipinski definition) is 6. The summed E-state index contributed by atoms with van der Waals surface area (Å²) in [7, 11) is 0. The Bertz CT molecular complexity index is 585. The molecule has 11 nitrogen and oxygen atoms in total. The molecule has 0 radical (unpaired) electrons. The van der Waals surface area contributed by atoms with Crippen LogP contribution in [0.4, 0.5) is 0 Å². The normalized spacial score (nSPS) is 13.9. The summed E-state index contributed by atoms with van der Waals surface area (Å²) in [5.41, 5.74) is 5.51. The van der Waals surface area contributed by atoms with Crippen LogP contribution in [0.1, 0.15) is 26.7 Å². The van der Waals surface area contributed by atoms with Crippen molar-refractivity contribution in [2.45, 2.75) is 44.8 Å². The van der Waals surface area contributed by atoms with Crippen molar-refractivity contribution in [1.82, 2.24) is 16.0 Å². The summed E-state index contributed by atoms with van der Waals surface area (Å²) in [6, 6.07) is -3.34. The van der Waals surface area contributed by atoms with Gasteiger partial charge in [-0.1, -0.05) is 13.8 Å². The Morgan fingerprint density at radius 3 is 2.04 bits per heavy atom. The van der Waals surface area contributed by atoms with Gasteiger partial charge in [-0.25, -0.2) is 0 Å². The zero-order chi connectivity index (χ0) is 21.9. The van der Waals surface area contributed by atoms with Gasteiger partial charge in [0.1, 0.15) is 18.6 Å². The summed E-state index contributed by atoms with van der Waals surface area (Å²) in [4.78, 5) is 58.1. The molecule has 0 heterocycles. The van der Waals surface area contributed by atoms with Crippen molar-refractivity contribution < 1.29 is 34.2 Å². The number of carboxylic acids is 2. The molecule has 0 saturated carbocycles. The Morgan fingerprint density at radius 2 is 1.57 bits per heavy atom. The van der Waals surface area contributed by atoms with E-state index in [4.69, 9.17) is 15.9 Å². The summed E-state index contributed by atoms with van der Waals surface area (Å²) < 4.78 is 0. The number of amides is 3. The Balaban J connectivity index is 5.13. The minimum atomic E-state index is -1.32. The third-order valence-electron chi connectivity index (χ3n) is 3.64. The highest BCUT2D eigenvalue weighted by atomic mass is 32.2. The molecule has 0 aromatic heterocycles. The zero-order valence-corrected chi connectivity index (χ0v) is 16.9. The number of rotatable bonds is 13. The predicted octanol–water partition coefficient (Wildman–Crippen LogP) is -1.63. The van der Waals surface area contributed by atoms with Crippen LogP contribution in [-0.2, 0) is 24.0 Å². The average molecular weight is 420 g/mol. The van der Waals surface area contributed by atoms with Crippen LogP contribution < -0.4 is 21.7 Å². The molecule has 0 aliphatic heterocycles. The Kier molecular flexibility index (Phi) is 11.9. The Hall–Kier alpha value is -2.34. The highest BCUT2D eigenvalue weighted by molar-refractivity contribution is 7.98. The van der Waals surface area contributed by atoms with Gasteiger partial charge in [-0.05, 0) is 24.3 Å². The fraction of sp³-hybridized carbons (Fsp3) is 0.688. The molecule has 0 aliphatic carbocycles. The second-order valence-corrected chi connectivity index (χ2v) is 7.37. The van der Waals surface area contributed by atoms with Crippen molar-refractivity contribution in [1.29, 1.82) is 0 Å². The lowest BCUT2D eigenvalue weighted by Gasteiger charge is -2.25. The topological polar surface area (TPSA) is 188 Å². The molecular formula is C16H28N4O7S. The fourth-order valence-electron chi connectivity index (χ4n) is 2.13. The number of carbonyl (C=O) groups is 5. The maximum Gasteiger partial charge on any atom is 0.322 e. The third-order valence-corrected chi connectivity index (χ3v) is 4.28. The van der Waals surface area contributed by atoms with Crippen molar-refractivity contribution in [2.24, 2.45) is 11.7 Å². The standard InChI is InChI=1S/C16H28N4O7S/c1-8(2)13(16(27)18-7-12(23)24)20-15(26)10(4-5-28-3)19-14(25)9(17)6-11(21)22/h8-10,13H,4-7,17H2,1-3H3,(H,18,27)(H,19,25)(H,20,26)(H,21,22)(H,23,24). The summed E-state index contributed by atoms with van der Waals surface area (Å²) in [5.74, 6) is -4.40. The molecule has 0 fully saturated rings. The van der Waals surface area contributed by atoms with Crippen molar-refractivity contribution in [3.63, 3.8) is 0 Å². The number of hydrogen-bond acceptors (Lipinski definition) is 7. The first-order chi connectivity index (χ1) is 13.0. The lowest BCUT2D eigenvalue weighted by atomic mass is 10.0. The van der Waals surface area contributed by atoms with Gasteiger partial charge in [-0.3, -0.25) is 24.0 Å². The van der Waals surface area contributed by atoms with Crippen LogP contribution in [-0.4, -0.2) is 76.6 Å². The summed E-state index contributed by atoms with van der Waals surface area (Å²) in [6.07, 6.45) is 1.46. The van der Waals surface area contributed by atoms with E-state index < -0.39 is 60.8 Å². The van der Waals surface area contributed by atoms with E-state index >= 15 is 0 Å². The highest BCUT2D eigenvalue weighted by Crippen LogP contribution is 2.06. The molecule has 0 bridgehead atoms. The summed E-state index contributed by atoms with van der Waals surface area (Å²) in [6.45, 7) is 2.75. The van der Waals surface area contributed by atoms with E-state index in [0.29, 0.717) is 5.75 Å². The third kappa shape index (κ3) is 10.1. The van der Waals surface area contributed by atoms with Gasteiger partial charge in [-0.2, -0.15) is 11.8 Å². The molecule has 28 heavy (non-hydrogen) atoms. The maximum atomic E-state index is 12.6. The maximum absolute atomic E-state index is 12.6. The van der Waals surface area contributed by atoms with Gasteiger partial charge in [0.25, 0.3) is 0 Å². The van der Waals surface area contributed by atoms with Crippen LogP contribution in [0.2, 0.25) is 0 Å². The summed E-state index contributed by atoms with van der Waals surface area (Å²) in [5, 5.41) is 24.5. The zero-order valence-electron chi connectivity index (χ0n) is 16.1. The molecule has 0 spiro atoms. The molecule has 160 valence electrons. The largest absolute Gasteiger partial charge is 0.481 e. The van der Waals surface area contributed by atoms with E-state index in [1.165, 1.54) is 11.8 Å². The van der Waals surface area contributed by atoms with E-state index in [1.807, 2.05) is 6.26 Å². The van der Waals surface area contributed by atoms with Gasteiger partial charge in [-0.15, -0.1) is 0 Å². The van der Waals surface area contributed by atoms with Gasteiger partial charge < -0.3 is 31.9 Å². The van der Waals surface area contributed by atoms with E-state index in [9.17, 15) is 24.0 Å². The molecule has 3 unspecified atom stereocenters. The monoisotopic (exact) mass is 420 g/mol. The first-order valence-electron chi connectivity index (χ1n) is 8.56. The molecule has 3 amide bonds. The van der Waals surface area contributed by atoms with Crippen molar-refractivity contribution in [3.05, 3.63) is 0 Å². The van der Waals surface area contributed by atoms with Crippen LogP contribution in [0.25, 0.3) is 0 Å². The van der Waals surface area contributed by atoms with E-state index in [1.54, 1.807) is 13.8 Å². The summed E-state index contributed by atoms with van der Waals surface area (Å²) >= 11 is 1.44. The number of nitrogens with one attached hydrogen (secondary N) is 3. The molecule has 0 saturated heterocycles. The van der Waals surface area contributed by atoms with Crippen LogP contribution in [0.5, 0.6) is 0 Å². The number of carboxylic acid groups (broad SMARTS) is 2. The molecule has 0 rings (SSSR count). The lowest BCUT2D eigenvalue weighted by molar-refractivity contribution is -0.140. The average Bonchev–Trinajstić information content (AvgIpc) is 2.59. The quantitative estimate of drug-likeness (QED) is 0.203.